The van der Waals surface area contributed by atoms with Crippen molar-refractivity contribution in [2.45, 2.75) is 19.8 Å². The summed E-state index contributed by atoms with van der Waals surface area (Å²) in [6, 6.07) is 6.38. The van der Waals surface area contributed by atoms with Crippen LogP contribution in [0.5, 0.6) is 0 Å². The van der Waals surface area contributed by atoms with Gasteiger partial charge in [-0.25, -0.2) is 9.37 Å². The Hall–Kier alpha value is -2.28. The van der Waals surface area contributed by atoms with Crippen molar-refractivity contribution in [1.29, 1.82) is 0 Å². The molecule has 1 aliphatic heterocycles. The fraction of sp³-hybridized carbons (Fsp3) is 0.389. The number of thiazole rings is 1. The minimum absolute atomic E-state index is 0.00338. The Morgan fingerprint density at radius 2 is 2.20 bits per heavy atom. The smallest absolute Gasteiger partial charge is 0.265 e. The van der Waals surface area contributed by atoms with E-state index in [1.165, 1.54) is 23.6 Å². The first-order valence-corrected chi connectivity index (χ1v) is 9.19. The number of nitrogens with one attached hydrogen (secondary N) is 1. The van der Waals surface area contributed by atoms with Crippen LogP contribution in [0.3, 0.4) is 0 Å². The lowest BCUT2D eigenvalue weighted by Gasteiger charge is -2.31. The average Bonchev–Trinajstić information content (AvgIpc) is 3.11. The lowest BCUT2D eigenvalue weighted by atomic mass is 9.97. The van der Waals surface area contributed by atoms with Crippen LogP contribution in [0.2, 0.25) is 0 Å². The molecule has 2 heterocycles. The third-order valence-electron chi connectivity index (χ3n) is 4.25. The summed E-state index contributed by atoms with van der Waals surface area (Å²) in [4.78, 5) is 31.1. The molecule has 7 heteroatoms. The summed E-state index contributed by atoms with van der Waals surface area (Å²) in [6.45, 7) is 3.51. The Labute approximate surface area is 149 Å². The molecule has 1 atom stereocenters. The maximum Gasteiger partial charge on any atom is 0.265 e. The molecule has 0 aliphatic carbocycles. The van der Waals surface area contributed by atoms with Crippen molar-refractivity contribution in [3.63, 3.8) is 0 Å². The summed E-state index contributed by atoms with van der Waals surface area (Å²) in [5.41, 5.74) is 0.394. The predicted octanol–water partition coefficient (Wildman–Crippen LogP) is 2.94. The Bertz CT molecular complexity index is 777. The van der Waals surface area contributed by atoms with E-state index in [1.54, 1.807) is 23.1 Å². The third-order valence-corrected chi connectivity index (χ3v) is 5.27. The molecule has 1 aliphatic rings. The lowest BCUT2D eigenvalue weighted by molar-refractivity contribution is -0.126. The highest BCUT2D eigenvalue weighted by Crippen LogP contribution is 2.29. The molecular formula is C18H20FN3O2S. The van der Waals surface area contributed by atoms with Crippen molar-refractivity contribution >= 4 is 23.2 Å². The third kappa shape index (κ3) is 3.87. The number of carbonyl (C=O) groups excluding carboxylic acids is 2. The Morgan fingerprint density at radius 3 is 2.96 bits per heavy atom. The quantitative estimate of drug-likeness (QED) is 0.911. The van der Waals surface area contributed by atoms with Crippen LogP contribution in [-0.4, -0.2) is 41.3 Å². The standard InChI is InChI=1S/C18H20FN3O2S/c1-2-20-16(23)12-6-5-9-22(11-12)18(24)15-10-21-17(25-15)13-7-3-4-8-14(13)19/h3-4,7-8,10,12H,2,5-6,9,11H2,1H3,(H,20,23). The second-order valence-electron chi connectivity index (χ2n) is 5.99. The fourth-order valence-corrected chi connectivity index (χ4v) is 3.89. The van der Waals surface area contributed by atoms with Gasteiger partial charge >= 0.3 is 0 Å². The number of piperidine rings is 1. The number of aromatic nitrogens is 1. The summed E-state index contributed by atoms with van der Waals surface area (Å²) >= 11 is 1.18. The first kappa shape index (κ1) is 17.5. The Kier molecular flexibility index (Phi) is 5.43. The van der Waals surface area contributed by atoms with Gasteiger partial charge in [0, 0.05) is 25.2 Å². The molecule has 1 N–H and O–H groups in total. The van der Waals surface area contributed by atoms with E-state index in [0.29, 0.717) is 35.1 Å². The zero-order valence-corrected chi connectivity index (χ0v) is 14.8. The molecule has 25 heavy (non-hydrogen) atoms. The zero-order valence-electron chi connectivity index (χ0n) is 14.0. The van der Waals surface area contributed by atoms with Crippen LogP contribution in [0.1, 0.15) is 29.4 Å². The molecular weight excluding hydrogens is 341 g/mol. The highest BCUT2D eigenvalue weighted by atomic mass is 32.1. The van der Waals surface area contributed by atoms with Crippen molar-refractivity contribution in [1.82, 2.24) is 15.2 Å². The van der Waals surface area contributed by atoms with Crippen LogP contribution in [-0.2, 0) is 4.79 Å². The van der Waals surface area contributed by atoms with Gasteiger partial charge in [0.15, 0.2) is 0 Å². The molecule has 1 aromatic heterocycles. The van der Waals surface area contributed by atoms with Gasteiger partial charge in [0.25, 0.3) is 5.91 Å². The number of carbonyl (C=O) groups is 2. The largest absolute Gasteiger partial charge is 0.356 e. The number of amides is 2. The molecule has 1 unspecified atom stereocenters. The number of likely N-dealkylation sites (tertiary alicyclic amines) is 1. The van der Waals surface area contributed by atoms with E-state index in [1.807, 2.05) is 6.92 Å². The number of rotatable bonds is 4. The second kappa shape index (κ2) is 7.74. The first-order chi connectivity index (χ1) is 12.1. The highest BCUT2D eigenvalue weighted by Gasteiger charge is 2.29. The van der Waals surface area contributed by atoms with E-state index >= 15 is 0 Å². The maximum atomic E-state index is 13.9. The molecule has 1 saturated heterocycles. The molecule has 0 radical (unpaired) electrons. The van der Waals surface area contributed by atoms with E-state index in [4.69, 9.17) is 0 Å². The highest BCUT2D eigenvalue weighted by molar-refractivity contribution is 7.16. The summed E-state index contributed by atoms with van der Waals surface area (Å²) in [5, 5.41) is 3.30. The monoisotopic (exact) mass is 361 g/mol. The van der Waals surface area contributed by atoms with Gasteiger partial charge < -0.3 is 10.2 Å². The minimum atomic E-state index is -0.356. The van der Waals surface area contributed by atoms with Crippen LogP contribution in [0, 0.1) is 11.7 Å². The molecule has 5 nitrogen and oxygen atoms in total. The minimum Gasteiger partial charge on any atom is -0.356 e. The van der Waals surface area contributed by atoms with Crippen molar-refractivity contribution in [2.24, 2.45) is 5.92 Å². The van der Waals surface area contributed by atoms with E-state index in [2.05, 4.69) is 10.3 Å². The summed E-state index contributed by atoms with van der Waals surface area (Å²) in [7, 11) is 0. The topological polar surface area (TPSA) is 62.3 Å². The van der Waals surface area contributed by atoms with Gasteiger partial charge in [0.2, 0.25) is 5.91 Å². The lowest BCUT2D eigenvalue weighted by Crippen LogP contribution is -2.45. The molecule has 2 aromatic rings. The number of nitrogens with zero attached hydrogens (tertiary/aromatic N) is 2. The van der Waals surface area contributed by atoms with Gasteiger partial charge in [-0.3, -0.25) is 9.59 Å². The summed E-state index contributed by atoms with van der Waals surface area (Å²) in [5.74, 6) is -0.674. The van der Waals surface area contributed by atoms with Gasteiger partial charge in [-0.2, -0.15) is 0 Å². The van der Waals surface area contributed by atoms with Crippen LogP contribution in [0.4, 0.5) is 4.39 Å². The molecule has 0 bridgehead atoms. The van der Waals surface area contributed by atoms with E-state index in [-0.39, 0.29) is 23.5 Å². The fourth-order valence-electron chi connectivity index (χ4n) is 2.98. The van der Waals surface area contributed by atoms with Gasteiger partial charge in [-0.1, -0.05) is 12.1 Å². The molecule has 3 rings (SSSR count). The van der Waals surface area contributed by atoms with Gasteiger partial charge in [-0.05, 0) is 31.9 Å². The second-order valence-corrected chi connectivity index (χ2v) is 7.03. The van der Waals surface area contributed by atoms with E-state index < -0.39 is 0 Å². The average molecular weight is 361 g/mol. The maximum absolute atomic E-state index is 13.9. The molecule has 1 aromatic carbocycles. The molecule has 132 valence electrons. The SMILES string of the molecule is CCNC(=O)C1CCCN(C(=O)c2cnc(-c3ccccc3F)s2)C1. The van der Waals surface area contributed by atoms with Crippen molar-refractivity contribution in [3.8, 4) is 10.6 Å². The van der Waals surface area contributed by atoms with Crippen LogP contribution >= 0.6 is 11.3 Å². The number of hydrogen-bond acceptors (Lipinski definition) is 4. The Morgan fingerprint density at radius 1 is 1.40 bits per heavy atom. The van der Waals surface area contributed by atoms with E-state index in [0.717, 1.165) is 12.8 Å². The van der Waals surface area contributed by atoms with Gasteiger partial charge in [0.05, 0.1) is 12.1 Å². The molecule has 0 saturated carbocycles. The molecule has 0 spiro atoms. The number of benzene rings is 1. The summed E-state index contributed by atoms with van der Waals surface area (Å²) < 4.78 is 13.9. The van der Waals surface area contributed by atoms with Crippen LogP contribution < -0.4 is 5.32 Å². The summed E-state index contributed by atoms with van der Waals surface area (Å²) in [6.07, 6.45) is 3.08. The zero-order chi connectivity index (χ0) is 17.8. The normalized spacial score (nSPS) is 17.4. The van der Waals surface area contributed by atoms with Crippen LogP contribution in [0.15, 0.2) is 30.5 Å². The van der Waals surface area contributed by atoms with Crippen molar-refractivity contribution < 1.29 is 14.0 Å². The number of halogens is 1. The van der Waals surface area contributed by atoms with Gasteiger partial charge in [0.1, 0.15) is 15.7 Å². The molecule has 2 amide bonds. The van der Waals surface area contributed by atoms with Gasteiger partial charge in [-0.15, -0.1) is 11.3 Å². The predicted molar refractivity (Wildman–Crippen MR) is 94.8 cm³/mol. The van der Waals surface area contributed by atoms with Crippen molar-refractivity contribution in [2.75, 3.05) is 19.6 Å². The molecule has 1 fully saturated rings. The van der Waals surface area contributed by atoms with E-state index in [9.17, 15) is 14.0 Å². The first-order valence-electron chi connectivity index (χ1n) is 8.38. The Balaban J connectivity index is 1.73. The van der Waals surface area contributed by atoms with Crippen LogP contribution in [0.25, 0.3) is 10.6 Å². The number of hydrogen-bond donors (Lipinski definition) is 1. The van der Waals surface area contributed by atoms with Crippen molar-refractivity contribution in [3.05, 3.63) is 41.2 Å².